The highest BCUT2D eigenvalue weighted by atomic mass is 16.2. The van der Waals surface area contributed by atoms with Crippen LogP contribution in [0, 0.1) is 0 Å². The molecule has 0 aliphatic heterocycles. The van der Waals surface area contributed by atoms with E-state index in [-0.39, 0.29) is 24.4 Å². The number of aryl methyl sites for hydroxylation is 1. The van der Waals surface area contributed by atoms with Gasteiger partial charge in [-0.05, 0) is 31.9 Å². The standard InChI is InChI=1S/C15H22N2O2/c1-5-13-8-6-7-9-14(13)17(12(4)18)10-15(19)16-11(2)3/h6-9,11H,5,10H2,1-4H3,(H,16,19). The number of rotatable bonds is 5. The summed E-state index contributed by atoms with van der Waals surface area (Å²) in [5, 5.41) is 2.80. The van der Waals surface area contributed by atoms with Crippen molar-refractivity contribution < 1.29 is 9.59 Å². The van der Waals surface area contributed by atoms with Crippen LogP contribution in [-0.4, -0.2) is 24.4 Å². The summed E-state index contributed by atoms with van der Waals surface area (Å²) >= 11 is 0. The van der Waals surface area contributed by atoms with Crippen LogP contribution >= 0.6 is 0 Å². The van der Waals surface area contributed by atoms with Crippen molar-refractivity contribution in [1.29, 1.82) is 0 Å². The van der Waals surface area contributed by atoms with Gasteiger partial charge >= 0.3 is 0 Å². The fourth-order valence-electron chi connectivity index (χ4n) is 1.95. The third-order valence-corrected chi connectivity index (χ3v) is 2.79. The van der Waals surface area contributed by atoms with Gasteiger partial charge in [-0.1, -0.05) is 25.1 Å². The van der Waals surface area contributed by atoms with Crippen LogP contribution in [0.25, 0.3) is 0 Å². The minimum absolute atomic E-state index is 0.0600. The Morgan fingerprint density at radius 2 is 1.89 bits per heavy atom. The molecule has 0 bridgehead atoms. The Morgan fingerprint density at radius 3 is 2.42 bits per heavy atom. The number of benzene rings is 1. The van der Waals surface area contributed by atoms with E-state index in [1.807, 2.05) is 45.0 Å². The summed E-state index contributed by atoms with van der Waals surface area (Å²) in [6.07, 6.45) is 0.825. The van der Waals surface area contributed by atoms with E-state index in [1.165, 1.54) is 11.8 Å². The van der Waals surface area contributed by atoms with Gasteiger partial charge in [-0.3, -0.25) is 9.59 Å². The second-order valence-electron chi connectivity index (χ2n) is 4.81. The molecule has 19 heavy (non-hydrogen) atoms. The van der Waals surface area contributed by atoms with Crippen LogP contribution in [0.1, 0.15) is 33.3 Å². The van der Waals surface area contributed by atoms with Crippen molar-refractivity contribution in [1.82, 2.24) is 5.32 Å². The molecule has 1 aromatic carbocycles. The maximum absolute atomic E-state index is 11.8. The average molecular weight is 262 g/mol. The molecular weight excluding hydrogens is 240 g/mol. The van der Waals surface area contributed by atoms with E-state index in [2.05, 4.69) is 5.32 Å². The number of nitrogens with zero attached hydrogens (tertiary/aromatic N) is 1. The third kappa shape index (κ3) is 4.39. The molecular formula is C15H22N2O2. The number of carbonyl (C=O) groups excluding carboxylic acids is 2. The summed E-state index contributed by atoms with van der Waals surface area (Å²) in [5.41, 5.74) is 1.88. The fraction of sp³-hybridized carbons (Fsp3) is 0.467. The number of amides is 2. The zero-order chi connectivity index (χ0) is 14.4. The molecule has 0 aromatic heterocycles. The molecule has 4 nitrogen and oxygen atoms in total. The number of carbonyl (C=O) groups is 2. The second-order valence-corrected chi connectivity index (χ2v) is 4.81. The first-order valence-corrected chi connectivity index (χ1v) is 6.61. The Labute approximate surface area is 114 Å². The van der Waals surface area contributed by atoms with Gasteiger partial charge < -0.3 is 10.2 Å². The van der Waals surface area contributed by atoms with Crippen LogP contribution in [0.4, 0.5) is 5.69 Å². The van der Waals surface area contributed by atoms with Crippen LogP contribution in [0.3, 0.4) is 0 Å². The van der Waals surface area contributed by atoms with Gasteiger partial charge in [0.05, 0.1) is 0 Å². The lowest BCUT2D eigenvalue weighted by atomic mass is 10.1. The van der Waals surface area contributed by atoms with E-state index in [1.54, 1.807) is 0 Å². The third-order valence-electron chi connectivity index (χ3n) is 2.79. The zero-order valence-electron chi connectivity index (χ0n) is 12.1. The second kappa shape index (κ2) is 6.92. The number of anilines is 1. The molecule has 0 radical (unpaired) electrons. The Hall–Kier alpha value is -1.84. The van der Waals surface area contributed by atoms with Gasteiger partial charge in [0, 0.05) is 18.7 Å². The minimum Gasteiger partial charge on any atom is -0.352 e. The highest BCUT2D eigenvalue weighted by Crippen LogP contribution is 2.20. The number of nitrogens with one attached hydrogen (secondary N) is 1. The van der Waals surface area contributed by atoms with Crippen molar-refractivity contribution in [2.24, 2.45) is 0 Å². The van der Waals surface area contributed by atoms with E-state index in [9.17, 15) is 9.59 Å². The van der Waals surface area contributed by atoms with Crippen molar-refractivity contribution in [3.8, 4) is 0 Å². The molecule has 2 amide bonds. The highest BCUT2D eigenvalue weighted by molar-refractivity contribution is 5.98. The Kier molecular flexibility index (Phi) is 5.55. The van der Waals surface area contributed by atoms with E-state index >= 15 is 0 Å². The van der Waals surface area contributed by atoms with E-state index in [4.69, 9.17) is 0 Å². The summed E-state index contributed by atoms with van der Waals surface area (Å²) in [4.78, 5) is 25.1. The summed E-state index contributed by atoms with van der Waals surface area (Å²) in [7, 11) is 0. The molecule has 0 spiro atoms. The average Bonchev–Trinajstić information content (AvgIpc) is 2.34. The first-order valence-electron chi connectivity index (χ1n) is 6.61. The van der Waals surface area contributed by atoms with Crippen molar-refractivity contribution >= 4 is 17.5 Å². The summed E-state index contributed by atoms with van der Waals surface area (Å²) in [6, 6.07) is 7.75. The largest absolute Gasteiger partial charge is 0.352 e. The van der Waals surface area contributed by atoms with Crippen LogP contribution < -0.4 is 10.2 Å². The molecule has 0 atom stereocenters. The molecule has 0 fully saturated rings. The summed E-state index contributed by atoms with van der Waals surface area (Å²) in [5.74, 6) is -0.268. The van der Waals surface area contributed by atoms with Crippen LogP contribution in [0.2, 0.25) is 0 Å². The zero-order valence-corrected chi connectivity index (χ0v) is 12.1. The summed E-state index contributed by atoms with van der Waals surface area (Å²) < 4.78 is 0. The topological polar surface area (TPSA) is 49.4 Å². The van der Waals surface area contributed by atoms with Gasteiger partial charge in [-0.2, -0.15) is 0 Å². The smallest absolute Gasteiger partial charge is 0.240 e. The lowest BCUT2D eigenvalue weighted by molar-refractivity contribution is -0.123. The Balaban J connectivity index is 2.95. The first-order chi connectivity index (χ1) is 8.95. The van der Waals surface area contributed by atoms with Gasteiger partial charge in [0.2, 0.25) is 11.8 Å². The molecule has 0 saturated carbocycles. The van der Waals surface area contributed by atoms with Gasteiger partial charge in [-0.25, -0.2) is 0 Å². The number of para-hydroxylation sites is 1. The lowest BCUT2D eigenvalue weighted by Crippen LogP contribution is -2.42. The fourth-order valence-corrected chi connectivity index (χ4v) is 1.95. The predicted octanol–water partition coefficient (Wildman–Crippen LogP) is 2.13. The molecule has 0 aliphatic carbocycles. The van der Waals surface area contributed by atoms with Gasteiger partial charge in [0.15, 0.2) is 0 Å². The van der Waals surface area contributed by atoms with Crippen molar-refractivity contribution in [2.45, 2.75) is 40.2 Å². The first kappa shape index (κ1) is 15.2. The molecule has 0 aliphatic rings. The lowest BCUT2D eigenvalue weighted by Gasteiger charge is -2.23. The van der Waals surface area contributed by atoms with E-state index < -0.39 is 0 Å². The van der Waals surface area contributed by atoms with Crippen LogP contribution in [0.5, 0.6) is 0 Å². The quantitative estimate of drug-likeness (QED) is 0.883. The SMILES string of the molecule is CCc1ccccc1N(CC(=O)NC(C)C)C(C)=O. The Morgan fingerprint density at radius 1 is 1.26 bits per heavy atom. The van der Waals surface area contributed by atoms with Crippen LogP contribution in [-0.2, 0) is 16.0 Å². The maximum atomic E-state index is 11.8. The Bertz CT molecular complexity index is 455. The monoisotopic (exact) mass is 262 g/mol. The predicted molar refractivity (Wildman–Crippen MR) is 77.1 cm³/mol. The normalized spacial score (nSPS) is 10.4. The number of hydrogen-bond acceptors (Lipinski definition) is 2. The van der Waals surface area contributed by atoms with Crippen molar-refractivity contribution in [3.63, 3.8) is 0 Å². The molecule has 1 N–H and O–H groups in total. The van der Waals surface area contributed by atoms with E-state index in [0.29, 0.717) is 0 Å². The molecule has 0 saturated heterocycles. The molecule has 104 valence electrons. The highest BCUT2D eigenvalue weighted by Gasteiger charge is 2.18. The minimum atomic E-state index is -0.142. The molecule has 0 unspecified atom stereocenters. The van der Waals surface area contributed by atoms with Gasteiger partial charge in [0.25, 0.3) is 0 Å². The van der Waals surface area contributed by atoms with Crippen molar-refractivity contribution in [3.05, 3.63) is 29.8 Å². The summed E-state index contributed by atoms with van der Waals surface area (Å²) in [6.45, 7) is 7.37. The van der Waals surface area contributed by atoms with E-state index in [0.717, 1.165) is 17.7 Å². The van der Waals surface area contributed by atoms with Gasteiger partial charge in [0.1, 0.15) is 6.54 Å². The van der Waals surface area contributed by atoms with Crippen molar-refractivity contribution in [2.75, 3.05) is 11.4 Å². The molecule has 4 heteroatoms. The number of hydrogen-bond donors (Lipinski definition) is 1. The molecule has 1 rings (SSSR count). The maximum Gasteiger partial charge on any atom is 0.240 e. The molecule has 1 aromatic rings. The van der Waals surface area contributed by atoms with Gasteiger partial charge in [-0.15, -0.1) is 0 Å². The molecule has 0 heterocycles. The van der Waals surface area contributed by atoms with Crippen LogP contribution in [0.15, 0.2) is 24.3 Å².